The fourth-order valence-electron chi connectivity index (χ4n) is 3.37. The van der Waals surface area contributed by atoms with Gasteiger partial charge in [0, 0.05) is 25.6 Å². The number of nitrogens with zero attached hydrogens (tertiary/aromatic N) is 4. The summed E-state index contributed by atoms with van der Waals surface area (Å²) in [5.74, 6) is -4.06. The quantitative estimate of drug-likeness (QED) is 0.306. The van der Waals surface area contributed by atoms with E-state index < -0.39 is 46.7 Å². The van der Waals surface area contributed by atoms with Crippen molar-refractivity contribution in [3.63, 3.8) is 0 Å². The van der Waals surface area contributed by atoms with E-state index in [1.807, 2.05) is 0 Å². The van der Waals surface area contributed by atoms with E-state index >= 15 is 0 Å². The van der Waals surface area contributed by atoms with Crippen LogP contribution in [0.2, 0.25) is 0 Å². The van der Waals surface area contributed by atoms with Crippen molar-refractivity contribution in [3.8, 4) is 5.88 Å². The summed E-state index contributed by atoms with van der Waals surface area (Å²) < 4.78 is 74.3. The first-order valence-electron chi connectivity index (χ1n) is 8.88. The fourth-order valence-corrected chi connectivity index (χ4v) is 4.06. The smallest absolute Gasteiger partial charge is 0.423 e. The Labute approximate surface area is 178 Å². The number of hydrogen-bond acceptors (Lipinski definition) is 5. The van der Waals surface area contributed by atoms with Gasteiger partial charge in [0.05, 0.1) is 17.8 Å². The molecular weight excluding hydrogens is 451 g/mol. The molecule has 1 saturated carbocycles. The maximum absolute atomic E-state index is 13.8. The van der Waals surface area contributed by atoms with E-state index in [0.717, 1.165) is 11.8 Å². The third-order valence-corrected chi connectivity index (χ3v) is 5.59. The number of pyridine rings is 1. The molecule has 0 amide bonds. The average molecular weight is 469 g/mol. The van der Waals surface area contributed by atoms with Crippen molar-refractivity contribution in [1.29, 1.82) is 0 Å². The standard InChI is InChI=1S/C18H18ClF5N4OS/c1-29-16-13(18(22,23)24)14(15(19)26-11-4-6-25-12(7-11)30-2)28(27-16)9-10-3-5-17(20,21)8-10/h4,6-7,10H,3,5,8-9H2,1-2H3. The molecule has 1 aliphatic carbocycles. The summed E-state index contributed by atoms with van der Waals surface area (Å²) in [6.07, 6.45) is -2.16. The Bertz CT molecular complexity index is 947. The Morgan fingerprint density at radius 3 is 2.73 bits per heavy atom. The van der Waals surface area contributed by atoms with Crippen LogP contribution < -0.4 is 4.74 Å². The van der Waals surface area contributed by atoms with Crippen molar-refractivity contribution in [1.82, 2.24) is 14.8 Å². The molecule has 2 aromatic rings. The first-order chi connectivity index (χ1) is 14.0. The van der Waals surface area contributed by atoms with Gasteiger partial charge in [-0.1, -0.05) is 11.6 Å². The largest absolute Gasteiger partial charge is 0.479 e. The summed E-state index contributed by atoms with van der Waals surface area (Å²) >= 11 is 7.56. The minimum absolute atomic E-state index is 0.157. The Hall–Kier alpha value is -1.88. The molecule has 3 rings (SSSR count). The molecule has 1 unspecified atom stereocenters. The second kappa shape index (κ2) is 8.70. The number of rotatable bonds is 6. The van der Waals surface area contributed by atoms with Crippen LogP contribution >= 0.6 is 23.4 Å². The minimum atomic E-state index is -4.84. The highest BCUT2D eigenvalue weighted by atomic mass is 35.5. The normalized spacial score (nSPS) is 19.3. The Morgan fingerprint density at radius 1 is 1.43 bits per heavy atom. The lowest BCUT2D eigenvalue weighted by Gasteiger charge is -2.14. The zero-order chi connectivity index (χ0) is 22.1. The number of alkyl halides is 5. The summed E-state index contributed by atoms with van der Waals surface area (Å²) in [4.78, 5) is 8.16. The number of methoxy groups -OCH3 is 1. The van der Waals surface area contributed by atoms with Crippen LogP contribution in [-0.2, 0) is 12.7 Å². The second-order valence-electron chi connectivity index (χ2n) is 6.84. The van der Waals surface area contributed by atoms with E-state index in [2.05, 4.69) is 15.1 Å². The number of ether oxygens (including phenoxy) is 1. The molecule has 0 radical (unpaired) electrons. The van der Waals surface area contributed by atoms with E-state index in [-0.39, 0.29) is 19.4 Å². The molecule has 0 aliphatic heterocycles. The van der Waals surface area contributed by atoms with Gasteiger partial charge in [-0.25, -0.2) is 18.8 Å². The van der Waals surface area contributed by atoms with Gasteiger partial charge in [0.15, 0.2) is 5.17 Å². The third kappa shape index (κ3) is 5.05. The van der Waals surface area contributed by atoms with Gasteiger partial charge in [0.1, 0.15) is 11.3 Å². The molecule has 0 aromatic carbocycles. The fraction of sp³-hybridized carbons (Fsp3) is 0.500. The van der Waals surface area contributed by atoms with Crippen molar-refractivity contribution in [2.75, 3.05) is 13.4 Å². The van der Waals surface area contributed by atoms with Gasteiger partial charge in [-0.15, -0.1) is 16.9 Å². The molecule has 2 aromatic heterocycles. The maximum atomic E-state index is 13.8. The van der Waals surface area contributed by atoms with E-state index in [4.69, 9.17) is 16.3 Å². The van der Waals surface area contributed by atoms with Gasteiger partial charge in [0.25, 0.3) is 0 Å². The molecule has 1 aliphatic rings. The Morgan fingerprint density at radius 2 is 2.17 bits per heavy atom. The molecule has 2 heterocycles. The van der Waals surface area contributed by atoms with Gasteiger partial charge in [-0.3, -0.25) is 4.68 Å². The molecule has 12 heteroatoms. The molecule has 1 atom stereocenters. The van der Waals surface area contributed by atoms with Crippen LogP contribution in [0.1, 0.15) is 30.5 Å². The molecule has 164 valence electrons. The highest BCUT2D eigenvalue weighted by Crippen LogP contribution is 2.42. The molecule has 0 saturated heterocycles. The van der Waals surface area contributed by atoms with Crippen LogP contribution in [0.5, 0.6) is 5.88 Å². The minimum Gasteiger partial charge on any atom is -0.479 e. The average Bonchev–Trinajstić information content (AvgIpc) is 3.21. The predicted octanol–water partition coefficient (Wildman–Crippen LogP) is 5.78. The maximum Gasteiger partial charge on any atom is 0.423 e. The van der Waals surface area contributed by atoms with E-state index in [1.54, 1.807) is 12.3 Å². The molecule has 0 spiro atoms. The Balaban J connectivity index is 2.07. The summed E-state index contributed by atoms with van der Waals surface area (Å²) in [6.45, 7) is -0.157. The van der Waals surface area contributed by atoms with Crippen LogP contribution in [0.25, 0.3) is 0 Å². The summed E-state index contributed by atoms with van der Waals surface area (Å²) in [5, 5.41) is 3.99. The molecule has 0 bridgehead atoms. The highest BCUT2D eigenvalue weighted by molar-refractivity contribution is 7.98. The van der Waals surface area contributed by atoms with Crippen molar-refractivity contribution in [2.45, 2.75) is 42.9 Å². The summed E-state index contributed by atoms with van der Waals surface area (Å²) in [7, 11) is 1.05. The first-order valence-corrected chi connectivity index (χ1v) is 10.5. The first kappa shape index (κ1) is 22.8. The van der Waals surface area contributed by atoms with Gasteiger partial charge < -0.3 is 4.74 Å². The third-order valence-electron chi connectivity index (χ3n) is 4.68. The van der Waals surface area contributed by atoms with E-state index in [0.29, 0.717) is 10.7 Å². The van der Waals surface area contributed by atoms with Gasteiger partial charge in [-0.2, -0.15) is 13.2 Å². The Kier molecular flexibility index (Phi) is 6.61. The van der Waals surface area contributed by atoms with E-state index in [1.165, 1.54) is 24.0 Å². The van der Waals surface area contributed by atoms with Crippen LogP contribution in [-0.4, -0.2) is 39.2 Å². The monoisotopic (exact) mass is 468 g/mol. The van der Waals surface area contributed by atoms with Gasteiger partial charge in [0.2, 0.25) is 11.8 Å². The van der Waals surface area contributed by atoms with E-state index in [9.17, 15) is 22.0 Å². The van der Waals surface area contributed by atoms with Crippen molar-refractivity contribution in [2.24, 2.45) is 10.9 Å². The molecular formula is C18H18ClF5N4OS. The molecule has 30 heavy (non-hydrogen) atoms. The lowest BCUT2D eigenvalue weighted by atomic mass is 10.1. The number of aliphatic imine (C=N–C) groups is 1. The molecule has 5 nitrogen and oxygen atoms in total. The zero-order valence-electron chi connectivity index (χ0n) is 16.0. The zero-order valence-corrected chi connectivity index (χ0v) is 17.6. The molecule has 0 N–H and O–H groups in total. The molecule has 1 fully saturated rings. The number of aromatic nitrogens is 3. The SMILES string of the molecule is COc1nn(CC2CCC(F)(F)C2)c(C(Cl)=Nc2ccnc(SC)c2)c1C(F)(F)F. The topological polar surface area (TPSA) is 52.3 Å². The van der Waals surface area contributed by atoms with Crippen molar-refractivity contribution >= 4 is 34.2 Å². The second-order valence-corrected chi connectivity index (χ2v) is 8.02. The van der Waals surface area contributed by atoms with Crippen molar-refractivity contribution in [3.05, 3.63) is 29.6 Å². The van der Waals surface area contributed by atoms with Crippen LogP contribution in [0.4, 0.5) is 27.6 Å². The van der Waals surface area contributed by atoms with Gasteiger partial charge in [-0.05, 0) is 30.7 Å². The number of halogens is 6. The lowest BCUT2D eigenvalue weighted by Crippen LogP contribution is -2.18. The predicted molar refractivity (Wildman–Crippen MR) is 104 cm³/mol. The number of thioether (sulfide) groups is 1. The van der Waals surface area contributed by atoms with Gasteiger partial charge >= 0.3 is 6.18 Å². The summed E-state index contributed by atoms with van der Waals surface area (Å²) in [5.41, 5.74) is -1.41. The van der Waals surface area contributed by atoms with Crippen LogP contribution in [0, 0.1) is 5.92 Å². The van der Waals surface area contributed by atoms with Crippen LogP contribution in [0.3, 0.4) is 0 Å². The summed E-state index contributed by atoms with van der Waals surface area (Å²) in [6, 6.07) is 3.06. The highest BCUT2D eigenvalue weighted by Gasteiger charge is 2.44. The lowest BCUT2D eigenvalue weighted by molar-refractivity contribution is -0.138. The van der Waals surface area contributed by atoms with Crippen LogP contribution in [0.15, 0.2) is 28.3 Å². The number of hydrogen-bond donors (Lipinski definition) is 0. The van der Waals surface area contributed by atoms with Crippen molar-refractivity contribution < 1.29 is 26.7 Å².